The van der Waals surface area contributed by atoms with E-state index in [9.17, 15) is 13.2 Å². The summed E-state index contributed by atoms with van der Waals surface area (Å²) in [6.07, 6.45) is 0.708. The van der Waals surface area contributed by atoms with Gasteiger partial charge in [-0.3, -0.25) is 4.79 Å². The van der Waals surface area contributed by atoms with E-state index in [1.807, 2.05) is 13.0 Å². The quantitative estimate of drug-likeness (QED) is 0.742. The number of hydrogen-bond acceptors (Lipinski definition) is 4. The van der Waals surface area contributed by atoms with Gasteiger partial charge in [-0.1, -0.05) is 12.1 Å². The average molecular weight is 270 g/mol. The van der Waals surface area contributed by atoms with Crippen LogP contribution in [0.1, 0.15) is 29.8 Å². The normalized spacial score (nSPS) is 11.6. The van der Waals surface area contributed by atoms with Crippen molar-refractivity contribution >= 4 is 16.1 Å². The molecule has 0 saturated carbocycles. The standard InChI is InChI=1S/C13H18O4S/c1-10(2)18(15,16)8-7-17-13-11(3)5-4-6-12(13)9-14/h4-6,9-10H,7-8H2,1-3H3. The largest absolute Gasteiger partial charge is 0.492 e. The molecule has 0 aliphatic rings. The van der Waals surface area contributed by atoms with E-state index in [0.717, 1.165) is 5.56 Å². The first-order valence-electron chi connectivity index (χ1n) is 5.77. The second-order valence-electron chi connectivity index (χ2n) is 4.38. The summed E-state index contributed by atoms with van der Waals surface area (Å²) >= 11 is 0. The Morgan fingerprint density at radius 2 is 2.00 bits per heavy atom. The van der Waals surface area contributed by atoms with Gasteiger partial charge in [-0.2, -0.15) is 0 Å². The lowest BCUT2D eigenvalue weighted by atomic mass is 10.1. The van der Waals surface area contributed by atoms with Gasteiger partial charge < -0.3 is 4.74 Å². The third-order valence-electron chi connectivity index (χ3n) is 2.70. The SMILES string of the molecule is Cc1cccc(C=O)c1OCCS(=O)(=O)C(C)C. The van der Waals surface area contributed by atoms with Crippen LogP contribution in [-0.4, -0.2) is 32.3 Å². The third kappa shape index (κ3) is 3.57. The van der Waals surface area contributed by atoms with Crippen LogP contribution in [0.3, 0.4) is 0 Å². The molecule has 1 aromatic carbocycles. The van der Waals surface area contributed by atoms with E-state index in [4.69, 9.17) is 4.74 Å². The maximum Gasteiger partial charge on any atom is 0.155 e. The minimum atomic E-state index is -3.11. The van der Waals surface area contributed by atoms with E-state index in [1.165, 1.54) is 0 Å². The molecule has 0 unspecified atom stereocenters. The van der Waals surface area contributed by atoms with E-state index in [-0.39, 0.29) is 12.4 Å². The molecule has 0 spiro atoms. The van der Waals surface area contributed by atoms with Crippen LogP contribution in [0.15, 0.2) is 18.2 Å². The van der Waals surface area contributed by atoms with Crippen LogP contribution in [0.5, 0.6) is 5.75 Å². The summed E-state index contributed by atoms with van der Waals surface area (Å²) < 4.78 is 28.7. The minimum absolute atomic E-state index is 0.0443. The molecule has 0 radical (unpaired) electrons. The number of hydrogen-bond donors (Lipinski definition) is 0. The van der Waals surface area contributed by atoms with Gasteiger partial charge in [0.2, 0.25) is 0 Å². The van der Waals surface area contributed by atoms with Gasteiger partial charge >= 0.3 is 0 Å². The maximum absolute atomic E-state index is 11.6. The van der Waals surface area contributed by atoms with Crippen molar-refractivity contribution in [2.45, 2.75) is 26.0 Å². The second kappa shape index (κ2) is 6.00. The van der Waals surface area contributed by atoms with Crippen molar-refractivity contribution in [1.82, 2.24) is 0 Å². The zero-order valence-corrected chi connectivity index (χ0v) is 11.7. The number of benzene rings is 1. The van der Waals surface area contributed by atoms with Crippen molar-refractivity contribution in [2.24, 2.45) is 0 Å². The number of para-hydroxylation sites is 1. The maximum atomic E-state index is 11.6. The van der Waals surface area contributed by atoms with Gasteiger partial charge in [-0.25, -0.2) is 8.42 Å². The Balaban J connectivity index is 2.73. The van der Waals surface area contributed by atoms with Gasteiger partial charge in [0.05, 0.1) is 16.6 Å². The Hall–Kier alpha value is -1.36. The molecule has 18 heavy (non-hydrogen) atoms. The van der Waals surface area contributed by atoms with Crippen LogP contribution >= 0.6 is 0 Å². The van der Waals surface area contributed by atoms with Crippen LogP contribution in [0.2, 0.25) is 0 Å². The molecule has 0 atom stereocenters. The van der Waals surface area contributed by atoms with E-state index >= 15 is 0 Å². The summed E-state index contributed by atoms with van der Waals surface area (Å²) in [6, 6.07) is 5.22. The van der Waals surface area contributed by atoms with Crippen LogP contribution in [0.25, 0.3) is 0 Å². The molecule has 1 aromatic rings. The second-order valence-corrected chi connectivity index (χ2v) is 7.05. The molecule has 0 amide bonds. The number of carbonyl (C=O) groups excluding carboxylic acids is 1. The first-order chi connectivity index (χ1) is 8.38. The van der Waals surface area contributed by atoms with E-state index in [1.54, 1.807) is 26.0 Å². The minimum Gasteiger partial charge on any atom is -0.492 e. The molecule has 0 saturated heterocycles. The van der Waals surface area contributed by atoms with Crippen molar-refractivity contribution in [2.75, 3.05) is 12.4 Å². The lowest BCUT2D eigenvalue weighted by Crippen LogP contribution is -2.22. The van der Waals surface area contributed by atoms with Crippen molar-refractivity contribution in [3.05, 3.63) is 29.3 Å². The Labute approximate surface area is 108 Å². The first-order valence-corrected chi connectivity index (χ1v) is 7.49. The molecule has 1 rings (SSSR count). The van der Waals surface area contributed by atoms with Gasteiger partial charge in [0.25, 0.3) is 0 Å². The molecular formula is C13H18O4S. The van der Waals surface area contributed by atoms with Gasteiger partial charge in [0, 0.05) is 0 Å². The van der Waals surface area contributed by atoms with Crippen LogP contribution in [0.4, 0.5) is 0 Å². The molecule has 100 valence electrons. The lowest BCUT2D eigenvalue weighted by molar-refractivity contribution is 0.111. The third-order valence-corrected chi connectivity index (χ3v) is 4.87. The molecule has 5 heteroatoms. The number of sulfone groups is 1. The van der Waals surface area contributed by atoms with Gasteiger partial charge in [-0.05, 0) is 32.4 Å². The monoisotopic (exact) mass is 270 g/mol. The Bertz CT molecular complexity index is 518. The lowest BCUT2D eigenvalue weighted by Gasteiger charge is -2.12. The molecule has 0 aromatic heterocycles. The predicted octanol–water partition coefficient (Wildman–Crippen LogP) is 2.01. The fourth-order valence-corrected chi connectivity index (χ4v) is 2.25. The van der Waals surface area contributed by atoms with E-state index in [2.05, 4.69) is 0 Å². The van der Waals surface area contributed by atoms with Crippen LogP contribution in [0, 0.1) is 6.92 Å². The highest BCUT2D eigenvalue weighted by Crippen LogP contribution is 2.21. The van der Waals surface area contributed by atoms with Crippen LogP contribution in [-0.2, 0) is 9.84 Å². The Kier molecular flexibility index (Phi) is 4.90. The summed E-state index contributed by atoms with van der Waals surface area (Å²) in [4.78, 5) is 10.8. The zero-order valence-electron chi connectivity index (χ0n) is 10.8. The number of rotatable bonds is 6. The molecular weight excluding hydrogens is 252 g/mol. The molecule has 0 fully saturated rings. The van der Waals surface area contributed by atoms with Gasteiger partial charge in [-0.15, -0.1) is 0 Å². The molecule has 0 aliphatic heterocycles. The number of aldehydes is 1. The van der Waals surface area contributed by atoms with E-state index < -0.39 is 15.1 Å². The fraction of sp³-hybridized carbons (Fsp3) is 0.462. The highest BCUT2D eigenvalue weighted by atomic mass is 32.2. The Morgan fingerprint density at radius 1 is 1.33 bits per heavy atom. The predicted molar refractivity (Wildman–Crippen MR) is 71.0 cm³/mol. The topological polar surface area (TPSA) is 60.4 Å². The molecule has 0 N–H and O–H groups in total. The van der Waals surface area contributed by atoms with Crippen molar-refractivity contribution in [1.29, 1.82) is 0 Å². The molecule has 0 heterocycles. The summed E-state index contributed by atoms with van der Waals surface area (Å²) in [5.41, 5.74) is 1.26. The van der Waals surface area contributed by atoms with Crippen molar-refractivity contribution in [3.8, 4) is 5.75 Å². The summed E-state index contributed by atoms with van der Waals surface area (Å²) in [5.74, 6) is 0.420. The first kappa shape index (κ1) is 14.7. The van der Waals surface area contributed by atoms with Crippen molar-refractivity contribution in [3.63, 3.8) is 0 Å². The summed E-state index contributed by atoms with van der Waals surface area (Å²) in [7, 11) is -3.11. The number of carbonyl (C=O) groups is 1. The molecule has 4 nitrogen and oxygen atoms in total. The smallest absolute Gasteiger partial charge is 0.155 e. The molecule has 0 aliphatic carbocycles. The van der Waals surface area contributed by atoms with Crippen LogP contribution < -0.4 is 4.74 Å². The zero-order chi connectivity index (χ0) is 13.8. The van der Waals surface area contributed by atoms with Crippen molar-refractivity contribution < 1.29 is 17.9 Å². The fourth-order valence-electron chi connectivity index (χ4n) is 1.46. The highest BCUT2D eigenvalue weighted by molar-refractivity contribution is 7.91. The number of ether oxygens (including phenoxy) is 1. The van der Waals surface area contributed by atoms with E-state index in [0.29, 0.717) is 17.6 Å². The highest BCUT2D eigenvalue weighted by Gasteiger charge is 2.16. The average Bonchev–Trinajstić information content (AvgIpc) is 2.30. The summed E-state index contributed by atoms with van der Waals surface area (Å²) in [5, 5.41) is -0.413. The van der Waals surface area contributed by atoms with Gasteiger partial charge in [0.15, 0.2) is 16.1 Å². The number of aryl methyl sites for hydroxylation is 1. The Morgan fingerprint density at radius 3 is 2.56 bits per heavy atom. The summed E-state index contributed by atoms with van der Waals surface area (Å²) in [6.45, 7) is 5.16. The van der Waals surface area contributed by atoms with Gasteiger partial charge in [0.1, 0.15) is 12.4 Å². The molecule has 0 bridgehead atoms.